The Bertz CT molecular complexity index is 314. The molecule has 1 saturated carbocycles. The van der Waals surface area contributed by atoms with E-state index in [9.17, 15) is 0 Å². The van der Waals surface area contributed by atoms with Crippen LogP contribution in [0.1, 0.15) is 18.5 Å². The first kappa shape index (κ1) is 6.41. The van der Waals surface area contributed by atoms with Crippen molar-refractivity contribution < 1.29 is 0 Å². The molecule has 1 aromatic rings. The van der Waals surface area contributed by atoms with E-state index in [2.05, 4.69) is 16.2 Å². The molecule has 56 valence electrons. The minimum absolute atomic E-state index is 0.0613. The highest BCUT2D eigenvalue weighted by Gasteiger charge is 2.45. The number of hydrogen-bond donors (Lipinski definition) is 0. The van der Waals surface area contributed by atoms with Crippen molar-refractivity contribution in [2.24, 2.45) is 7.05 Å². The Morgan fingerprint density at radius 3 is 2.82 bits per heavy atom. The molecule has 0 aliphatic heterocycles. The summed E-state index contributed by atoms with van der Waals surface area (Å²) in [5.41, 5.74) is 0.886. The fourth-order valence-electron chi connectivity index (χ4n) is 1.17. The van der Waals surface area contributed by atoms with Gasteiger partial charge in [0.05, 0.1) is 5.41 Å². The van der Waals surface area contributed by atoms with Crippen LogP contribution in [0, 0.1) is 12.3 Å². The van der Waals surface area contributed by atoms with Crippen LogP contribution in [-0.2, 0) is 12.5 Å². The summed E-state index contributed by atoms with van der Waals surface area (Å²) in [4.78, 5) is 0. The largest absolute Gasteiger partial charge is 0.255 e. The maximum absolute atomic E-state index is 5.38. The third-order valence-electron chi connectivity index (χ3n) is 2.12. The molecule has 3 nitrogen and oxygen atoms in total. The van der Waals surface area contributed by atoms with Crippen molar-refractivity contribution >= 4 is 0 Å². The van der Waals surface area contributed by atoms with Crippen LogP contribution in [0.25, 0.3) is 0 Å². The molecular formula is C8H9N3. The van der Waals surface area contributed by atoms with Crippen LogP contribution in [0.4, 0.5) is 0 Å². The van der Waals surface area contributed by atoms with Crippen molar-refractivity contribution in [1.29, 1.82) is 0 Å². The predicted molar refractivity (Wildman–Crippen MR) is 40.7 cm³/mol. The highest BCUT2D eigenvalue weighted by Crippen LogP contribution is 2.46. The molecule has 1 aliphatic rings. The van der Waals surface area contributed by atoms with Gasteiger partial charge < -0.3 is 0 Å². The molecule has 0 radical (unpaired) electrons. The quantitative estimate of drug-likeness (QED) is 0.541. The van der Waals surface area contributed by atoms with Gasteiger partial charge in [0.1, 0.15) is 5.69 Å². The lowest BCUT2D eigenvalue weighted by Crippen LogP contribution is -2.02. The Labute approximate surface area is 65.4 Å². The van der Waals surface area contributed by atoms with E-state index in [1.807, 2.05) is 13.2 Å². The molecule has 0 N–H and O–H groups in total. The van der Waals surface area contributed by atoms with E-state index in [0.717, 1.165) is 18.5 Å². The predicted octanol–water partition coefficient (Wildman–Crippen LogP) is 0.480. The monoisotopic (exact) mass is 147 g/mol. The number of terminal acetylenes is 1. The molecule has 0 saturated heterocycles. The first-order valence-corrected chi connectivity index (χ1v) is 3.61. The van der Waals surface area contributed by atoms with E-state index in [-0.39, 0.29) is 5.41 Å². The van der Waals surface area contributed by atoms with Gasteiger partial charge in [-0.25, -0.2) is 0 Å². The zero-order chi connectivity index (χ0) is 7.90. The van der Waals surface area contributed by atoms with Crippen LogP contribution in [0.15, 0.2) is 6.20 Å². The maximum atomic E-state index is 5.38. The van der Waals surface area contributed by atoms with Gasteiger partial charge in [-0.3, -0.25) is 4.68 Å². The van der Waals surface area contributed by atoms with Crippen molar-refractivity contribution in [3.63, 3.8) is 0 Å². The molecule has 1 heterocycles. The van der Waals surface area contributed by atoms with Crippen molar-refractivity contribution in [3.8, 4) is 12.3 Å². The smallest absolute Gasteiger partial charge is 0.101 e. The van der Waals surface area contributed by atoms with E-state index in [1.54, 1.807) is 4.68 Å². The highest BCUT2D eigenvalue weighted by molar-refractivity contribution is 5.34. The van der Waals surface area contributed by atoms with Crippen LogP contribution in [0.2, 0.25) is 0 Å². The normalized spacial score (nSPS) is 19.3. The fourth-order valence-corrected chi connectivity index (χ4v) is 1.17. The summed E-state index contributed by atoms with van der Waals surface area (Å²) < 4.78 is 1.69. The van der Waals surface area contributed by atoms with Gasteiger partial charge in [-0.05, 0) is 12.8 Å². The molecule has 1 aliphatic carbocycles. The summed E-state index contributed by atoms with van der Waals surface area (Å²) in [5.74, 6) is 2.77. The Kier molecular flexibility index (Phi) is 1.08. The summed E-state index contributed by atoms with van der Waals surface area (Å²) in [6.45, 7) is 0. The molecule has 1 aromatic heterocycles. The van der Waals surface area contributed by atoms with Gasteiger partial charge >= 0.3 is 0 Å². The molecule has 3 heteroatoms. The van der Waals surface area contributed by atoms with Gasteiger partial charge in [0.2, 0.25) is 0 Å². The van der Waals surface area contributed by atoms with Crippen molar-refractivity contribution in [2.45, 2.75) is 18.3 Å². The van der Waals surface area contributed by atoms with Gasteiger partial charge in [-0.1, -0.05) is 11.1 Å². The second-order valence-electron chi connectivity index (χ2n) is 3.00. The average molecular weight is 147 g/mol. The summed E-state index contributed by atoms with van der Waals surface area (Å²) >= 11 is 0. The third kappa shape index (κ3) is 0.829. The zero-order valence-electron chi connectivity index (χ0n) is 6.41. The summed E-state index contributed by atoms with van der Waals surface area (Å²) in [6.07, 6.45) is 9.39. The SMILES string of the molecule is C#CC1(c2cn(C)nn2)CC1. The second kappa shape index (κ2) is 1.85. The molecule has 0 spiro atoms. The lowest BCUT2D eigenvalue weighted by Gasteiger charge is -1.98. The minimum atomic E-state index is -0.0613. The van der Waals surface area contributed by atoms with Gasteiger partial charge in [0.15, 0.2) is 0 Å². The number of aromatic nitrogens is 3. The molecule has 1 fully saturated rings. The molecule has 0 bridgehead atoms. The molecule has 11 heavy (non-hydrogen) atoms. The Morgan fingerprint density at radius 2 is 2.45 bits per heavy atom. The van der Waals surface area contributed by atoms with Crippen molar-refractivity contribution in [3.05, 3.63) is 11.9 Å². The van der Waals surface area contributed by atoms with Crippen LogP contribution < -0.4 is 0 Å². The van der Waals surface area contributed by atoms with Gasteiger partial charge in [0.25, 0.3) is 0 Å². The average Bonchev–Trinajstić information content (AvgIpc) is 2.70. The molecule has 0 unspecified atom stereocenters. The Hall–Kier alpha value is -1.30. The fraction of sp³-hybridized carbons (Fsp3) is 0.500. The van der Waals surface area contributed by atoms with Crippen LogP contribution in [0.5, 0.6) is 0 Å². The Morgan fingerprint density at radius 1 is 1.73 bits per heavy atom. The van der Waals surface area contributed by atoms with Gasteiger partial charge in [-0.2, -0.15) is 0 Å². The lowest BCUT2D eigenvalue weighted by molar-refractivity contribution is 0.711. The minimum Gasteiger partial charge on any atom is -0.255 e. The van der Waals surface area contributed by atoms with Crippen molar-refractivity contribution in [1.82, 2.24) is 15.0 Å². The van der Waals surface area contributed by atoms with E-state index in [1.165, 1.54) is 0 Å². The second-order valence-corrected chi connectivity index (χ2v) is 3.00. The van der Waals surface area contributed by atoms with E-state index >= 15 is 0 Å². The maximum Gasteiger partial charge on any atom is 0.101 e. The number of rotatable bonds is 1. The first-order chi connectivity index (χ1) is 5.27. The van der Waals surface area contributed by atoms with Crippen molar-refractivity contribution in [2.75, 3.05) is 0 Å². The number of aryl methyl sites for hydroxylation is 1. The summed E-state index contributed by atoms with van der Waals surface area (Å²) in [5, 5.41) is 7.83. The molecule has 0 aromatic carbocycles. The summed E-state index contributed by atoms with van der Waals surface area (Å²) in [7, 11) is 1.85. The van der Waals surface area contributed by atoms with Crippen LogP contribution >= 0.6 is 0 Å². The highest BCUT2D eigenvalue weighted by atomic mass is 15.4. The molecule has 2 rings (SSSR count). The summed E-state index contributed by atoms with van der Waals surface area (Å²) in [6, 6.07) is 0. The lowest BCUT2D eigenvalue weighted by atomic mass is 10.1. The topological polar surface area (TPSA) is 30.7 Å². The first-order valence-electron chi connectivity index (χ1n) is 3.61. The van der Waals surface area contributed by atoms with E-state index in [0.29, 0.717) is 0 Å². The standard InChI is InChI=1S/C8H9N3/c1-3-8(4-5-8)7-6-11(2)10-9-7/h1,6H,4-5H2,2H3. The Balaban J connectivity index is 2.38. The number of hydrogen-bond acceptors (Lipinski definition) is 2. The molecular weight excluding hydrogens is 138 g/mol. The van der Waals surface area contributed by atoms with Gasteiger partial charge in [0, 0.05) is 13.2 Å². The zero-order valence-corrected chi connectivity index (χ0v) is 6.41. The van der Waals surface area contributed by atoms with E-state index in [4.69, 9.17) is 6.42 Å². The van der Waals surface area contributed by atoms with Crippen LogP contribution in [-0.4, -0.2) is 15.0 Å². The number of nitrogens with zero attached hydrogens (tertiary/aromatic N) is 3. The molecule has 0 amide bonds. The van der Waals surface area contributed by atoms with Gasteiger partial charge in [-0.15, -0.1) is 11.5 Å². The third-order valence-corrected chi connectivity index (χ3v) is 2.12. The van der Waals surface area contributed by atoms with E-state index < -0.39 is 0 Å². The van der Waals surface area contributed by atoms with Crippen LogP contribution in [0.3, 0.4) is 0 Å². The molecule has 0 atom stereocenters.